The molecule has 10 nitrogen and oxygen atoms in total. The van der Waals surface area contributed by atoms with Gasteiger partial charge in [0.15, 0.2) is 12.4 Å². The van der Waals surface area contributed by atoms with Crippen LogP contribution in [-0.2, 0) is 28.5 Å². The van der Waals surface area contributed by atoms with Crippen molar-refractivity contribution in [3.63, 3.8) is 0 Å². The highest BCUT2D eigenvalue weighted by atomic mass is 16.7. The van der Waals surface area contributed by atoms with Crippen LogP contribution in [0.3, 0.4) is 0 Å². The molecule has 1 rings (SSSR count). The van der Waals surface area contributed by atoms with Crippen LogP contribution in [0, 0.1) is 0 Å². The van der Waals surface area contributed by atoms with Gasteiger partial charge in [-0.05, 0) is 83.5 Å². The molecule has 2 unspecified atom stereocenters. The van der Waals surface area contributed by atoms with E-state index in [4.69, 9.17) is 18.9 Å². The summed E-state index contributed by atoms with van der Waals surface area (Å²) in [5, 5.41) is 40.1. The van der Waals surface area contributed by atoms with Gasteiger partial charge >= 0.3 is 11.9 Å². The van der Waals surface area contributed by atoms with Gasteiger partial charge in [-0.1, -0.05) is 145 Å². The lowest BCUT2D eigenvalue weighted by molar-refractivity contribution is -0.305. The Morgan fingerprint density at radius 1 is 0.542 bits per heavy atom. The van der Waals surface area contributed by atoms with Gasteiger partial charge in [0.05, 0.1) is 13.2 Å². The molecule has 1 aliphatic rings. The SMILES string of the molecule is CC/C=C/C/C=C/C/C=C/C/C=C/C/C=C/CCCCCC(=O)OC[C@@H](CO[C@H]1O[C@@H](CO)[C@@H](O)C(O)C1O)OC(=O)CCCCCCCCC/C=C/CCCCCC. The van der Waals surface area contributed by atoms with Crippen LogP contribution in [-0.4, -0.2) is 89.0 Å². The Bertz CT molecular complexity index is 1190. The van der Waals surface area contributed by atoms with Crippen LogP contribution in [0.25, 0.3) is 0 Å². The van der Waals surface area contributed by atoms with E-state index in [2.05, 4.69) is 86.8 Å². The standard InChI is InChI=1S/C49H82O10/c1-3-5-7-9-11-13-15-17-19-20-21-22-24-25-27-29-31-33-35-37-44(51)56-40-42(41-57-49-48(55)47(54)46(53)43(39-50)59-49)58-45(52)38-36-34-32-30-28-26-23-18-16-14-12-10-8-6-4-2/h5,7,11,13-14,16-17,19,21-22,25,27,42-43,46-50,53-55H,3-4,6,8-10,12,15,18,20,23-24,26,28-41H2,1-2H3/b7-5+,13-11+,16-14+,19-17+,22-21+,27-25+/t42-,43-,46+,47?,48?,49-/m0/s1. The number of esters is 2. The van der Waals surface area contributed by atoms with E-state index in [1.165, 1.54) is 51.4 Å². The van der Waals surface area contributed by atoms with E-state index in [1.807, 2.05) is 0 Å². The van der Waals surface area contributed by atoms with Crippen LogP contribution < -0.4 is 0 Å². The lowest BCUT2D eigenvalue weighted by Crippen LogP contribution is -2.59. The van der Waals surface area contributed by atoms with Crippen molar-refractivity contribution in [3.8, 4) is 0 Å². The van der Waals surface area contributed by atoms with E-state index in [1.54, 1.807) is 0 Å². The van der Waals surface area contributed by atoms with E-state index < -0.39 is 55.4 Å². The molecule has 1 aliphatic heterocycles. The molecule has 6 atom stereocenters. The summed E-state index contributed by atoms with van der Waals surface area (Å²) in [5.74, 6) is -0.854. The molecule has 0 saturated carbocycles. The number of hydrogen-bond donors (Lipinski definition) is 4. The summed E-state index contributed by atoms with van der Waals surface area (Å²) in [5.41, 5.74) is 0. The molecule has 1 fully saturated rings. The third-order valence-electron chi connectivity index (χ3n) is 10.1. The van der Waals surface area contributed by atoms with Crippen molar-refractivity contribution >= 4 is 11.9 Å². The molecule has 0 radical (unpaired) electrons. The molecule has 1 saturated heterocycles. The summed E-state index contributed by atoms with van der Waals surface area (Å²) in [4.78, 5) is 25.3. The largest absolute Gasteiger partial charge is 0.462 e. The number of aliphatic hydroxyl groups is 4. The van der Waals surface area contributed by atoms with Crippen molar-refractivity contribution in [2.75, 3.05) is 19.8 Å². The minimum atomic E-state index is -1.60. The number of carbonyl (C=O) groups is 2. The minimum Gasteiger partial charge on any atom is -0.462 e. The normalized spacial score (nSPS) is 20.7. The van der Waals surface area contributed by atoms with Gasteiger partial charge in [0.1, 0.15) is 31.0 Å². The predicted octanol–water partition coefficient (Wildman–Crippen LogP) is 10.00. The first kappa shape index (κ1) is 54.2. The highest BCUT2D eigenvalue weighted by Gasteiger charge is 2.44. The molecule has 0 amide bonds. The topological polar surface area (TPSA) is 152 Å². The lowest BCUT2D eigenvalue weighted by atomic mass is 9.99. The van der Waals surface area contributed by atoms with Crippen molar-refractivity contribution in [1.82, 2.24) is 0 Å². The van der Waals surface area contributed by atoms with Crippen molar-refractivity contribution in [2.45, 2.75) is 205 Å². The number of aliphatic hydroxyl groups excluding tert-OH is 4. The lowest BCUT2D eigenvalue weighted by Gasteiger charge is -2.39. The van der Waals surface area contributed by atoms with Gasteiger partial charge in [-0.25, -0.2) is 0 Å². The molecule has 1 heterocycles. The summed E-state index contributed by atoms with van der Waals surface area (Å²) in [6, 6.07) is 0. The number of ether oxygens (including phenoxy) is 4. The number of allylic oxidation sites excluding steroid dienone is 12. The maximum atomic E-state index is 12.8. The molecule has 59 heavy (non-hydrogen) atoms. The molecule has 0 bridgehead atoms. The van der Waals surface area contributed by atoms with Crippen LogP contribution in [0.2, 0.25) is 0 Å². The summed E-state index contributed by atoms with van der Waals surface area (Å²) < 4.78 is 22.1. The number of rotatable bonds is 37. The summed E-state index contributed by atoms with van der Waals surface area (Å²) >= 11 is 0. The van der Waals surface area contributed by atoms with E-state index in [9.17, 15) is 30.0 Å². The maximum Gasteiger partial charge on any atom is 0.306 e. The molecule has 338 valence electrons. The van der Waals surface area contributed by atoms with Gasteiger partial charge in [0.25, 0.3) is 0 Å². The zero-order valence-corrected chi connectivity index (χ0v) is 36.7. The Kier molecular flexibility index (Phi) is 36.1. The maximum absolute atomic E-state index is 12.8. The first-order valence-corrected chi connectivity index (χ1v) is 23.0. The first-order chi connectivity index (χ1) is 28.8. The molecule has 0 aromatic rings. The van der Waals surface area contributed by atoms with Crippen molar-refractivity contribution in [2.24, 2.45) is 0 Å². The van der Waals surface area contributed by atoms with Crippen LogP contribution in [0.5, 0.6) is 0 Å². The molecule has 10 heteroatoms. The molecule has 0 aliphatic carbocycles. The second kappa shape index (κ2) is 39.3. The second-order valence-corrected chi connectivity index (χ2v) is 15.5. The fourth-order valence-electron chi connectivity index (χ4n) is 6.44. The number of carbonyl (C=O) groups excluding carboxylic acids is 2. The van der Waals surface area contributed by atoms with E-state index in [0.717, 1.165) is 77.0 Å². The average Bonchev–Trinajstić information content (AvgIpc) is 3.23. The smallest absolute Gasteiger partial charge is 0.306 e. The number of unbranched alkanes of at least 4 members (excludes halogenated alkanes) is 14. The van der Waals surface area contributed by atoms with Crippen LogP contribution in [0.4, 0.5) is 0 Å². The Morgan fingerprint density at radius 2 is 1.00 bits per heavy atom. The van der Waals surface area contributed by atoms with E-state index in [-0.39, 0.29) is 26.1 Å². The zero-order valence-electron chi connectivity index (χ0n) is 36.7. The highest BCUT2D eigenvalue weighted by molar-refractivity contribution is 5.70. The Hall–Kier alpha value is -2.86. The van der Waals surface area contributed by atoms with Gasteiger partial charge < -0.3 is 39.4 Å². The van der Waals surface area contributed by atoms with Crippen LogP contribution in [0.1, 0.15) is 168 Å². The third kappa shape index (κ3) is 30.8. The summed E-state index contributed by atoms with van der Waals surface area (Å²) in [7, 11) is 0. The molecular formula is C49H82O10. The fraction of sp³-hybridized carbons (Fsp3) is 0.714. The van der Waals surface area contributed by atoms with Gasteiger partial charge in [-0.3, -0.25) is 9.59 Å². The monoisotopic (exact) mass is 831 g/mol. The van der Waals surface area contributed by atoms with Crippen LogP contribution >= 0.6 is 0 Å². The molecule has 0 aromatic heterocycles. The van der Waals surface area contributed by atoms with Crippen molar-refractivity contribution in [1.29, 1.82) is 0 Å². The Morgan fingerprint density at radius 3 is 1.54 bits per heavy atom. The summed E-state index contributed by atoms with van der Waals surface area (Å²) in [6.45, 7) is 3.25. The van der Waals surface area contributed by atoms with Gasteiger partial charge in [0.2, 0.25) is 0 Å². The second-order valence-electron chi connectivity index (χ2n) is 15.5. The molecular weight excluding hydrogens is 749 g/mol. The average molecular weight is 831 g/mol. The van der Waals surface area contributed by atoms with E-state index >= 15 is 0 Å². The Labute approximate surface area is 357 Å². The fourth-order valence-corrected chi connectivity index (χ4v) is 6.44. The minimum absolute atomic E-state index is 0.214. The quantitative estimate of drug-likeness (QED) is 0.0271. The van der Waals surface area contributed by atoms with E-state index in [0.29, 0.717) is 12.8 Å². The zero-order chi connectivity index (χ0) is 43.0. The third-order valence-corrected chi connectivity index (χ3v) is 10.1. The molecule has 0 spiro atoms. The van der Waals surface area contributed by atoms with Crippen LogP contribution in [0.15, 0.2) is 72.9 Å². The highest BCUT2D eigenvalue weighted by Crippen LogP contribution is 2.22. The van der Waals surface area contributed by atoms with Gasteiger partial charge in [0, 0.05) is 12.8 Å². The number of hydrogen-bond acceptors (Lipinski definition) is 10. The van der Waals surface area contributed by atoms with Crippen molar-refractivity contribution in [3.05, 3.63) is 72.9 Å². The molecule has 0 aromatic carbocycles. The molecule has 4 N–H and O–H groups in total. The Balaban J connectivity index is 2.35. The van der Waals surface area contributed by atoms with Gasteiger partial charge in [-0.2, -0.15) is 0 Å². The first-order valence-electron chi connectivity index (χ1n) is 23.0. The van der Waals surface area contributed by atoms with Gasteiger partial charge in [-0.15, -0.1) is 0 Å². The van der Waals surface area contributed by atoms with Crippen molar-refractivity contribution < 1.29 is 49.0 Å². The predicted molar refractivity (Wildman–Crippen MR) is 238 cm³/mol. The summed E-state index contributed by atoms with van der Waals surface area (Å²) in [6.07, 6.45) is 41.9.